The summed E-state index contributed by atoms with van der Waals surface area (Å²) in [4.78, 5) is 14.3. The fourth-order valence-corrected chi connectivity index (χ4v) is 4.17. The molecule has 1 amide bonds. The van der Waals surface area contributed by atoms with Gasteiger partial charge in [0.2, 0.25) is 5.91 Å². The van der Waals surface area contributed by atoms with Gasteiger partial charge in [0, 0.05) is 19.6 Å². The van der Waals surface area contributed by atoms with Crippen molar-refractivity contribution in [3.05, 3.63) is 24.2 Å². The zero-order chi connectivity index (χ0) is 18.4. The maximum Gasteiger partial charge on any atom is 0.222 e. The van der Waals surface area contributed by atoms with Crippen LogP contribution < -0.4 is 0 Å². The third-order valence-corrected chi connectivity index (χ3v) is 5.51. The molecule has 4 heteroatoms. The van der Waals surface area contributed by atoms with Gasteiger partial charge in [-0.1, -0.05) is 20.8 Å². The third-order valence-electron chi connectivity index (χ3n) is 5.51. The Balaban J connectivity index is 2.00. The average molecular weight is 350 g/mol. The smallest absolute Gasteiger partial charge is 0.222 e. The fraction of sp³-hybridized carbons (Fsp3) is 0.762. The van der Waals surface area contributed by atoms with Crippen LogP contribution >= 0.6 is 0 Å². The predicted molar refractivity (Wildman–Crippen MR) is 100 cm³/mol. The van der Waals surface area contributed by atoms with Crippen LogP contribution in [-0.2, 0) is 16.1 Å². The van der Waals surface area contributed by atoms with Crippen molar-refractivity contribution in [2.24, 2.45) is 17.8 Å². The molecule has 1 aliphatic rings. The lowest BCUT2D eigenvalue weighted by atomic mass is 9.73. The lowest BCUT2D eigenvalue weighted by Crippen LogP contribution is -2.39. The van der Waals surface area contributed by atoms with Gasteiger partial charge in [-0.3, -0.25) is 4.79 Å². The number of furan rings is 1. The molecule has 1 aromatic rings. The molecule has 1 saturated heterocycles. The van der Waals surface area contributed by atoms with Gasteiger partial charge in [0.25, 0.3) is 0 Å². The van der Waals surface area contributed by atoms with E-state index in [2.05, 4.69) is 27.7 Å². The molecule has 0 bridgehead atoms. The van der Waals surface area contributed by atoms with Gasteiger partial charge in [-0.05, 0) is 63.0 Å². The van der Waals surface area contributed by atoms with Crippen molar-refractivity contribution in [2.75, 3.05) is 13.2 Å². The quantitative estimate of drug-likeness (QED) is 0.671. The van der Waals surface area contributed by atoms with E-state index in [1.807, 2.05) is 24.0 Å². The van der Waals surface area contributed by atoms with Gasteiger partial charge in [-0.2, -0.15) is 0 Å². The molecule has 0 spiro atoms. The van der Waals surface area contributed by atoms with Crippen molar-refractivity contribution in [2.45, 2.75) is 72.4 Å². The van der Waals surface area contributed by atoms with Crippen LogP contribution in [0.2, 0.25) is 0 Å². The standard InChI is InChI=1S/C21H35NO3/c1-6-20(23)22(15-18-8-7-12-24-18)11-9-19(16(2)3)17-10-13-25-21(4,5)14-17/h7-8,12,16-17,19H,6,9-11,13-15H2,1-5H3/t17-,19-/m0/s1. The van der Waals surface area contributed by atoms with Gasteiger partial charge < -0.3 is 14.1 Å². The number of hydrogen-bond acceptors (Lipinski definition) is 3. The molecule has 0 aliphatic carbocycles. The first kappa shape index (κ1) is 20.0. The highest BCUT2D eigenvalue weighted by atomic mass is 16.5. The van der Waals surface area contributed by atoms with Crippen LogP contribution in [0.4, 0.5) is 0 Å². The summed E-state index contributed by atoms with van der Waals surface area (Å²) in [5.74, 6) is 2.96. The highest BCUT2D eigenvalue weighted by Crippen LogP contribution is 2.38. The molecule has 1 aliphatic heterocycles. The summed E-state index contributed by atoms with van der Waals surface area (Å²) >= 11 is 0. The van der Waals surface area contributed by atoms with Crippen molar-refractivity contribution < 1.29 is 13.9 Å². The molecule has 0 N–H and O–H groups in total. The first-order chi connectivity index (χ1) is 11.8. The molecule has 2 heterocycles. The van der Waals surface area contributed by atoms with Gasteiger partial charge >= 0.3 is 0 Å². The van der Waals surface area contributed by atoms with Crippen LogP contribution in [0.25, 0.3) is 0 Å². The summed E-state index contributed by atoms with van der Waals surface area (Å²) in [5, 5.41) is 0. The van der Waals surface area contributed by atoms with Crippen LogP contribution in [0.15, 0.2) is 22.8 Å². The molecule has 25 heavy (non-hydrogen) atoms. The van der Waals surface area contributed by atoms with E-state index in [9.17, 15) is 4.79 Å². The molecular weight excluding hydrogens is 314 g/mol. The number of nitrogens with zero attached hydrogens (tertiary/aromatic N) is 1. The van der Waals surface area contributed by atoms with Crippen LogP contribution in [0.5, 0.6) is 0 Å². The number of amides is 1. The summed E-state index contributed by atoms with van der Waals surface area (Å²) in [6.07, 6.45) is 5.50. The summed E-state index contributed by atoms with van der Waals surface area (Å²) < 4.78 is 11.3. The molecule has 4 nitrogen and oxygen atoms in total. The highest BCUT2D eigenvalue weighted by molar-refractivity contribution is 5.75. The lowest BCUT2D eigenvalue weighted by molar-refractivity contribution is -0.132. The Bertz CT molecular complexity index is 521. The third kappa shape index (κ3) is 5.88. The van der Waals surface area contributed by atoms with Gasteiger partial charge in [0.15, 0.2) is 0 Å². The Kier molecular flexibility index (Phi) is 7.12. The first-order valence-corrected chi connectivity index (χ1v) is 9.76. The van der Waals surface area contributed by atoms with Crippen molar-refractivity contribution >= 4 is 5.91 Å². The van der Waals surface area contributed by atoms with Gasteiger partial charge in [-0.25, -0.2) is 0 Å². The normalized spacial score (nSPS) is 21.3. The summed E-state index contributed by atoms with van der Waals surface area (Å²) in [5.41, 5.74) is -0.0247. The molecular formula is C21H35NO3. The SMILES string of the molecule is CCC(=O)N(CC[C@@H](C(C)C)[C@H]1CCOC(C)(C)C1)Cc1ccco1. The van der Waals surface area contributed by atoms with Gasteiger partial charge in [-0.15, -0.1) is 0 Å². The number of rotatable bonds is 8. The number of hydrogen-bond donors (Lipinski definition) is 0. The van der Waals surface area contributed by atoms with Crippen molar-refractivity contribution in [1.29, 1.82) is 0 Å². The second-order valence-electron chi connectivity index (χ2n) is 8.31. The average Bonchev–Trinajstić information content (AvgIpc) is 3.05. The van der Waals surface area contributed by atoms with E-state index in [-0.39, 0.29) is 11.5 Å². The van der Waals surface area contributed by atoms with E-state index in [1.165, 1.54) is 0 Å². The second-order valence-corrected chi connectivity index (χ2v) is 8.31. The zero-order valence-corrected chi connectivity index (χ0v) is 16.6. The molecule has 142 valence electrons. The van der Waals surface area contributed by atoms with E-state index in [0.717, 1.165) is 38.2 Å². The van der Waals surface area contributed by atoms with Crippen molar-refractivity contribution in [1.82, 2.24) is 4.90 Å². The molecule has 2 rings (SSSR count). The summed E-state index contributed by atoms with van der Waals surface area (Å²) in [6, 6.07) is 3.82. The van der Waals surface area contributed by atoms with Crippen LogP contribution in [0.3, 0.4) is 0 Å². The van der Waals surface area contributed by atoms with E-state index < -0.39 is 0 Å². The van der Waals surface area contributed by atoms with E-state index in [1.54, 1.807) is 6.26 Å². The minimum atomic E-state index is -0.0247. The van der Waals surface area contributed by atoms with Crippen LogP contribution in [0, 0.1) is 17.8 Å². The van der Waals surface area contributed by atoms with Crippen molar-refractivity contribution in [3.63, 3.8) is 0 Å². The first-order valence-electron chi connectivity index (χ1n) is 9.76. The molecule has 0 radical (unpaired) electrons. The molecule has 2 atom stereocenters. The molecule has 0 unspecified atom stereocenters. The monoisotopic (exact) mass is 349 g/mol. The second kappa shape index (κ2) is 8.88. The number of carbonyl (C=O) groups excluding carboxylic acids is 1. The van der Waals surface area contributed by atoms with Crippen LogP contribution in [-0.4, -0.2) is 29.6 Å². The van der Waals surface area contributed by atoms with E-state index >= 15 is 0 Å². The minimum Gasteiger partial charge on any atom is -0.467 e. The summed E-state index contributed by atoms with van der Waals surface area (Å²) in [6.45, 7) is 13.2. The fourth-order valence-electron chi connectivity index (χ4n) is 4.17. The Morgan fingerprint density at radius 3 is 2.72 bits per heavy atom. The molecule has 1 aromatic heterocycles. The molecule has 1 fully saturated rings. The maximum atomic E-state index is 12.4. The highest BCUT2D eigenvalue weighted by Gasteiger charge is 2.34. The number of ether oxygens (including phenoxy) is 1. The maximum absolute atomic E-state index is 12.4. The largest absolute Gasteiger partial charge is 0.467 e. The zero-order valence-electron chi connectivity index (χ0n) is 16.6. The van der Waals surface area contributed by atoms with Gasteiger partial charge in [0.05, 0.1) is 18.4 Å². The Labute approximate surface area is 152 Å². The Morgan fingerprint density at radius 2 is 2.16 bits per heavy atom. The Hall–Kier alpha value is -1.29. The van der Waals surface area contributed by atoms with Crippen molar-refractivity contribution in [3.8, 4) is 0 Å². The predicted octanol–water partition coefficient (Wildman–Crippen LogP) is 4.89. The minimum absolute atomic E-state index is 0.0247. The lowest BCUT2D eigenvalue weighted by Gasteiger charge is -2.41. The Morgan fingerprint density at radius 1 is 1.40 bits per heavy atom. The number of carbonyl (C=O) groups is 1. The van der Waals surface area contributed by atoms with E-state index in [4.69, 9.17) is 9.15 Å². The molecule has 0 saturated carbocycles. The molecule has 0 aromatic carbocycles. The van der Waals surface area contributed by atoms with Gasteiger partial charge in [0.1, 0.15) is 5.76 Å². The van der Waals surface area contributed by atoms with E-state index in [0.29, 0.717) is 30.7 Å². The summed E-state index contributed by atoms with van der Waals surface area (Å²) in [7, 11) is 0. The topological polar surface area (TPSA) is 42.7 Å². The van der Waals surface area contributed by atoms with Crippen LogP contribution in [0.1, 0.15) is 66.1 Å².